The predicted molar refractivity (Wildman–Crippen MR) is 82.7 cm³/mol. The number of aromatic carboxylic acids is 1. The molecule has 1 saturated carbocycles. The SMILES string of the molecule is CCC1CCC(Nc2cnc(C(C)C)nc2C(=O)O)C1C. The van der Waals surface area contributed by atoms with E-state index in [1.165, 1.54) is 12.8 Å². The molecule has 0 aliphatic heterocycles. The number of nitrogens with one attached hydrogen (secondary N) is 1. The topological polar surface area (TPSA) is 75.1 Å². The minimum atomic E-state index is -1.00. The first-order valence-electron chi connectivity index (χ1n) is 7.80. The van der Waals surface area contributed by atoms with Gasteiger partial charge in [-0.1, -0.05) is 34.1 Å². The van der Waals surface area contributed by atoms with Gasteiger partial charge in [0.2, 0.25) is 0 Å². The molecular weight excluding hydrogens is 266 g/mol. The van der Waals surface area contributed by atoms with Crippen LogP contribution in [0, 0.1) is 11.8 Å². The van der Waals surface area contributed by atoms with Crippen LogP contribution in [0.15, 0.2) is 6.20 Å². The Morgan fingerprint density at radius 3 is 2.71 bits per heavy atom. The molecule has 5 nitrogen and oxygen atoms in total. The number of anilines is 1. The smallest absolute Gasteiger partial charge is 0.356 e. The van der Waals surface area contributed by atoms with E-state index in [0.717, 1.165) is 6.42 Å². The molecule has 21 heavy (non-hydrogen) atoms. The van der Waals surface area contributed by atoms with Crippen LogP contribution in [0.3, 0.4) is 0 Å². The highest BCUT2D eigenvalue weighted by atomic mass is 16.4. The highest BCUT2D eigenvalue weighted by Crippen LogP contribution is 2.36. The lowest BCUT2D eigenvalue weighted by Gasteiger charge is -2.22. The Kier molecular flexibility index (Phi) is 4.80. The van der Waals surface area contributed by atoms with E-state index in [-0.39, 0.29) is 11.6 Å². The van der Waals surface area contributed by atoms with E-state index in [0.29, 0.717) is 29.4 Å². The van der Waals surface area contributed by atoms with Crippen LogP contribution in [-0.2, 0) is 0 Å². The molecule has 1 heterocycles. The number of nitrogens with zero attached hydrogens (tertiary/aromatic N) is 2. The Bertz CT molecular complexity index is 516. The van der Waals surface area contributed by atoms with Crippen molar-refractivity contribution < 1.29 is 9.90 Å². The maximum atomic E-state index is 11.4. The zero-order valence-corrected chi connectivity index (χ0v) is 13.3. The molecule has 0 bridgehead atoms. The molecule has 5 heteroatoms. The van der Waals surface area contributed by atoms with Gasteiger partial charge in [-0.2, -0.15) is 0 Å². The minimum Gasteiger partial charge on any atom is -0.476 e. The van der Waals surface area contributed by atoms with E-state index in [1.54, 1.807) is 6.20 Å². The lowest BCUT2D eigenvalue weighted by molar-refractivity contribution is 0.0691. The van der Waals surface area contributed by atoms with Gasteiger partial charge >= 0.3 is 5.97 Å². The Balaban J connectivity index is 2.22. The fraction of sp³-hybridized carbons (Fsp3) is 0.688. The predicted octanol–water partition coefficient (Wildman–Crippen LogP) is 3.53. The molecule has 1 aliphatic rings. The third-order valence-corrected chi connectivity index (χ3v) is 4.62. The molecule has 0 radical (unpaired) electrons. The van der Waals surface area contributed by atoms with Crippen LogP contribution >= 0.6 is 0 Å². The average molecular weight is 291 g/mol. The summed E-state index contributed by atoms with van der Waals surface area (Å²) in [5, 5.41) is 12.7. The van der Waals surface area contributed by atoms with E-state index in [4.69, 9.17) is 0 Å². The Morgan fingerprint density at radius 1 is 1.48 bits per heavy atom. The summed E-state index contributed by atoms with van der Waals surface area (Å²) in [4.78, 5) is 19.9. The molecule has 3 atom stereocenters. The summed E-state index contributed by atoms with van der Waals surface area (Å²) < 4.78 is 0. The normalized spacial score (nSPS) is 25.3. The molecule has 1 fully saturated rings. The van der Waals surface area contributed by atoms with Gasteiger partial charge in [0.05, 0.1) is 11.9 Å². The van der Waals surface area contributed by atoms with Crippen molar-refractivity contribution in [1.29, 1.82) is 0 Å². The van der Waals surface area contributed by atoms with Gasteiger partial charge in [-0.05, 0) is 24.7 Å². The zero-order chi connectivity index (χ0) is 15.6. The molecule has 116 valence electrons. The molecule has 0 amide bonds. The maximum Gasteiger partial charge on any atom is 0.356 e. The van der Waals surface area contributed by atoms with Gasteiger partial charge in [0, 0.05) is 12.0 Å². The van der Waals surface area contributed by atoms with Crippen LogP contribution in [0.1, 0.15) is 69.2 Å². The van der Waals surface area contributed by atoms with Gasteiger partial charge in [-0.3, -0.25) is 0 Å². The summed E-state index contributed by atoms with van der Waals surface area (Å²) >= 11 is 0. The van der Waals surface area contributed by atoms with Crippen molar-refractivity contribution in [2.75, 3.05) is 5.32 Å². The summed E-state index contributed by atoms with van der Waals surface area (Å²) in [7, 11) is 0. The van der Waals surface area contributed by atoms with Crippen LogP contribution < -0.4 is 5.32 Å². The first-order chi connectivity index (χ1) is 9.93. The van der Waals surface area contributed by atoms with E-state index in [2.05, 4.69) is 29.1 Å². The summed E-state index contributed by atoms with van der Waals surface area (Å²) in [6.07, 6.45) is 5.07. The highest BCUT2D eigenvalue weighted by Gasteiger charge is 2.32. The Morgan fingerprint density at radius 2 is 2.19 bits per heavy atom. The molecule has 0 aromatic carbocycles. The van der Waals surface area contributed by atoms with Crippen molar-refractivity contribution in [3.8, 4) is 0 Å². The number of aromatic nitrogens is 2. The van der Waals surface area contributed by atoms with Gasteiger partial charge in [0.15, 0.2) is 5.69 Å². The monoisotopic (exact) mass is 291 g/mol. The quantitative estimate of drug-likeness (QED) is 0.868. The lowest BCUT2D eigenvalue weighted by Crippen LogP contribution is -2.26. The summed E-state index contributed by atoms with van der Waals surface area (Å²) in [5.41, 5.74) is 0.626. The van der Waals surface area contributed by atoms with Crippen molar-refractivity contribution in [3.05, 3.63) is 17.7 Å². The largest absolute Gasteiger partial charge is 0.476 e. The van der Waals surface area contributed by atoms with Gasteiger partial charge in [-0.15, -0.1) is 0 Å². The number of carboxylic acids is 1. The molecule has 2 N–H and O–H groups in total. The first-order valence-corrected chi connectivity index (χ1v) is 7.80. The Hall–Kier alpha value is -1.65. The van der Waals surface area contributed by atoms with Crippen LogP contribution in [0.25, 0.3) is 0 Å². The van der Waals surface area contributed by atoms with Gasteiger partial charge in [0.25, 0.3) is 0 Å². The molecule has 2 rings (SSSR count). The molecule has 3 unspecified atom stereocenters. The fourth-order valence-electron chi connectivity index (χ4n) is 3.17. The second-order valence-electron chi connectivity index (χ2n) is 6.31. The standard InChI is InChI=1S/C16H25N3O2/c1-5-11-6-7-12(10(11)4)18-13-8-17-15(9(2)3)19-14(13)16(20)21/h8-12,18H,5-7H2,1-4H3,(H,20,21). The summed E-state index contributed by atoms with van der Waals surface area (Å²) in [6.45, 7) is 8.37. The van der Waals surface area contributed by atoms with Gasteiger partial charge < -0.3 is 10.4 Å². The van der Waals surface area contributed by atoms with E-state index < -0.39 is 5.97 Å². The molecule has 0 spiro atoms. The average Bonchev–Trinajstić information content (AvgIpc) is 2.79. The Labute approximate surface area is 126 Å². The van der Waals surface area contributed by atoms with Crippen molar-refractivity contribution in [2.24, 2.45) is 11.8 Å². The third kappa shape index (κ3) is 3.34. The molecule has 1 aliphatic carbocycles. The van der Waals surface area contributed by atoms with Crippen LogP contribution in [0.4, 0.5) is 5.69 Å². The summed E-state index contributed by atoms with van der Waals surface area (Å²) in [5.74, 6) is 0.948. The third-order valence-electron chi connectivity index (χ3n) is 4.62. The molecular formula is C16H25N3O2. The fourth-order valence-corrected chi connectivity index (χ4v) is 3.17. The molecule has 1 aromatic heterocycles. The van der Waals surface area contributed by atoms with E-state index in [9.17, 15) is 9.90 Å². The number of hydrogen-bond acceptors (Lipinski definition) is 4. The van der Waals surface area contributed by atoms with E-state index in [1.807, 2.05) is 13.8 Å². The van der Waals surface area contributed by atoms with Crippen molar-refractivity contribution in [3.63, 3.8) is 0 Å². The number of hydrogen-bond donors (Lipinski definition) is 2. The van der Waals surface area contributed by atoms with Crippen LogP contribution in [0.5, 0.6) is 0 Å². The highest BCUT2D eigenvalue weighted by molar-refractivity contribution is 5.91. The van der Waals surface area contributed by atoms with Crippen molar-refractivity contribution in [1.82, 2.24) is 9.97 Å². The second kappa shape index (κ2) is 6.41. The van der Waals surface area contributed by atoms with Gasteiger partial charge in [0.1, 0.15) is 5.82 Å². The van der Waals surface area contributed by atoms with E-state index >= 15 is 0 Å². The number of carbonyl (C=O) groups is 1. The van der Waals surface area contributed by atoms with Gasteiger partial charge in [-0.25, -0.2) is 14.8 Å². The lowest BCUT2D eigenvalue weighted by atomic mass is 9.93. The molecule has 0 saturated heterocycles. The van der Waals surface area contributed by atoms with Crippen LogP contribution in [0.2, 0.25) is 0 Å². The summed E-state index contributed by atoms with van der Waals surface area (Å²) in [6, 6.07) is 0.307. The van der Waals surface area contributed by atoms with Crippen LogP contribution in [-0.4, -0.2) is 27.1 Å². The molecule has 1 aromatic rings. The second-order valence-corrected chi connectivity index (χ2v) is 6.31. The first kappa shape index (κ1) is 15.7. The number of carboxylic acid groups (broad SMARTS) is 1. The minimum absolute atomic E-state index is 0.0841. The van der Waals surface area contributed by atoms with Crippen molar-refractivity contribution >= 4 is 11.7 Å². The maximum absolute atomic E-state index is 11.4. The zero-order valence-electron chi connectivity index (χ0n) is 13.3. The number of rotatable bonds is 5. The van der Waals surface area contributed by atoms with Crippen molar-refractivity contribution in [2.45, 2.75) is 58.9 Å².